The summed E-state index contributed by atoms with van der Waals surface area (Å²) in [6, 6.07) is 0. The van der Waals surface area contributed by atoms with Crippen LogP contribution in [-0.4, -0.2) is 19.1 Å². The van der Waals surface area contributed by atoms with E-state index < -0.39 is 5.97 Å². The number of rotatable bonds is 4. The molecule has 0 aliphatic carbocycles. The Morgan fingerprint density at radius 2 is 1.82 bits per heavy atom. The van der Waals surface area contributed by atoms with Gasteiger partial charge in [0.1, 0.15) is 0 Å². The van der Waals surface area contributed by atoms with Gasteiger partial charge in [-0.1, -0.05) is 19.8 Å². The van der Waals surface area contributed by atoms with Gasteiger partial charge >= 0.3 is 5.97 Å². The van der Waals surface area contributed by atoms with Gasteiger partial charge in [-0.25, -0.2) is 15.0 Å². The predicted octanol–water partition coefficient (Wildman–Crippen LogP) is 0.509. The molecule has 4 heteroatoms. The van der Waals surface area contributed by atoms with Crippen LogP contribution in [0.3, 0.4) is 0 Å². The van der Waals surface area contributed by atoms with Crippen molar-refractivity contribution in [1.29, 1.82) is 0 Å². The molecule has 0 rings (SSSR count). The van der Waals surface area contributed by atoms with Crippen molar-refractivity contribution < 1.29 is 15.0 Å². The van der Waals surface area contributed by atoms with E-state index in [1.54, 1.807) is 0 Å². The van der Waals surface area contributed by atoms with Crippen molar-refractivity contribution in [2.75, 3.05) is 13.2 Å². The molecule has 0 saturated heterocycles. The van der Waals surface area contributed by atoms with Crippen LogP contribution in [-0.2, 0) is 15.0 Å². The highest BCUT2D eigenvalue weighted by Gasteiger charge is 1.86. The molecule has 0 saturated carbocycles. The van der Waals surface area contributed by atoms with Gasteiger partial charge in [-0.2, -0.15) is 0 Å². The number of hydrogen-bond donors (Lipinski definition) is 1. The molecule has 0 aliphatic heterocycles. The molecule has 4 nitrogen and oxygen atoms in total. The second-order valence-corrected chi connectivity index (χ2v) is 1.99. The van der Waals surface area contributed by atoms with Crippen LogP contribution in [0.4, 0.5) is 0 Å². The Kier molecular flexibility index (Phi) is 14.3. The fraction of sp³-hybridized carbons (Fsp3) is 0.857. The van der Waals surface area contributed by atoms with E-state index in [-0.39, 0.29) is 13.2 Å². The first-order chi connectivity index (χ1) is 5.18. The highest BCUT2D eigenvalue weighted by molar-refractivity contribution is 5.68. The third kappa shape index (κ3) is 26.6. The Morgan fingerprint density at radius 1 is 1.36 bits per heavy atom. The summed E-state index contributed by atoms with van der Waals surface area (Å²) in [6.45, 7) is 1.81. The van der Waals surface area contributed by atoms with Crippen molar-refractivity contribution in [2.45, 2.75) is 26.2 Å². The smallest absolute Gasteiger partial charge is 0.321 e. The number of nitrogens with two attached hydrogens (primary N) is 1. The average molecular weight is 161 g/mol. The minimum absolute atomic E-state index is 0.105. The molecule has 0 heterocycles. The fourth-order valence-electron chi connectivity index (χ4n) is 0.352. The van der Waals surface area contributed by atoms with E-state index in [0.29, 0.717) is 0 Å². The first-order valence-electron chi connectivity index (χ1n) is 3.67. The number of carbonyl (C=O) groups is 1. The zero-order valence-electron chi connectivity index (χ0n) is 6.84. The van der Waals surface area contributed by atoms with Crippen LogP contribution in [0, 0.1) is 0 Å². The van der Waals surface area contributed by atoms with Crippen LogP contribution in [0.15, 0.2) is 0 Å². The third-order valence-electron chi connectivity index (χ3n) is 0.915. The van der Waals surface area contributed by atoms with Crippen molar-refractivity contribution in [2.24, 2.45) is 5.73 Å². The van der Waals surface area contributed by atoms with Gasteiger partial charge in [-0.3, -0.25) is 0 Å². The summed E-state index contributed by atoms with van der Waals surface area (Å²) in [5.41, 5.74) is 4.51. The maximum Gasteiger partial charge on any atom is 0.368 e. The minimum atomic E-state index is -1.22. The van der Waals surface area contributed by atoms with Gasteiger partial charge in [0, 0.05) is 0 Å². The molecule has 11 heavy (non-hydrogen) atoms. The lowest BCUT2D eigenvalue weighted by Gasteiger charge is -1.84. The van der Waals surface area contributed by atoms with Gasteiger partial charge < -0.3 is 5.73 Å². The van der Waals surface area contributed by atoms with E-state index >= 15 is 0 Å². The number of hydrogen-bond acceptors (Lipinski definition) is 2. The summed E-state index contributed by atoms with van der Waals surface area (Å²) < 4.78 is 0. The summed E-state index contributed by atoms with van der Waals surface area (Å²) in [7, 11) is 0. The average Bonchev–Trinajstić information content (AvgIpc) is 2.02. The number of unbranched alkanes of at least 4 members (excludes halogenated alkanes) is 2. The molecule has 2 radical (unpaired) electrons. The number of carbonyl (C=O) groups excluding carboxylic acids is 1. The second kappa shape index (κ2) is 12.1. The van der Waals surface area contributed by atoms with E-state index in [4.69, 9.17) is 9.90 Å². The van der Waals surface area contributed by atoms with Gasteiger partial charge in [0.2, 0.25) is 0 Å². The molecule has 66 valence electrons. The Balaban J connectivity index is 0. The standard InChI is InChI=1S/C5H11O.C2H4NO2/c1-2-3-4-5-6;3-1-2(4)5/h2-5H2,1H3;1,3H2. The first-order valence-corrected chi connectivity index (χ1v) is 3.67. The summed E-state index contributed by atoms with van der Waals surface area (Å²) in [5, 5.41) is 18.8. The lowest BCUT2D eigenvalue weighted by atomic mass is 10.3. The molecule has 0 bridgehead atoms. The zero-order chi connectivity index (χ0) is 9.11. The monoisotopic (exact) mass is 161 g/mol. The third-order valence-corrected chi connectivity index (χ3v) is 0.915. The van der Waals surface area contributed by atoms with Gasteiger partial charge in [0.05, 0.1) is 13.2 Å². The molecule has 0 unspecified atom stereocenters. The zero-order valence-corrected chi connectivity index (χ0v) is 6.84. The van der Waals surface area contributed by atoms with E-state index in [1.807, 2.05) is 0 Å². The van der Waals surface area contributed by atoms with Crippen molar-refractivity contribution in [1.82, 2.24) is 0 Å². The van der Waals surface area contributed by atoms with Gasteiger partial charge in [-0.05, 0) is 6.42 Å². The Labute approximate surface area is 67.0 Å². The summed E-state index contributed by atoms with van der Waals surface area (Å²) in [6.07, 6.45) is 3.11. The first kappa shape index (κ1) is 13.0. The molecule has 0 aromatic heterocycles. The SMILES string of the molecule is CCCCC[O].NCC([O])=O. The molecular formula is C7H15NO3. The molecule has 0 amide bonds. The molecule has 0 aromatic rings. The van der Waals surface area contributed by atoms with Crippen LogP contribution in [0.2, 0.25) is 0 Å². The predicted molar refractivity (Wildman–Crippen MR) is 39.8 cm³/mol. The van der Waals surface area contributed by atoms with Gasteiger partial charge in [0.15, 0.2) is 0 Å². The lowest BCUT2D eigenvalue weighted by molar-refractivity contribution is -0.141. The largest absolute Gasteiger partial charge is 0.368 e. The topological polar surface area (TPSA) is 82.9 Å². The van der Waals surface area contributed by atoms with Crippen LogP contribution in [0.5, 0.6) is 0 Å². The van der Waals surface area contributed by atoms with Gasteiger partial charge in [0.25, 0.3) is 0 Å². The van der Waals surface area contributed by atoms with Crippen LogP contribution < -0.4 is 5.73 Å². The van der Waals surface area contributed by atoms with E-state index in [9.17, 15) is 5.11 Å². The van der Waals surface area contributed by atoms with Crippen LogP contribution >= 0.6 is 0 Å². The van der Waals surface area contributed by atoms with Gasteiger partial charge in [-0.15, -0.1) is 0 Å². The van der Waals surface area contributed by atoms with Crippen LogP contribution in [0.1, 0.15) is 26.2 Å². The highest BCUT2D eigenvalue weighted by atomic mass is 16.4. The molecule has 2 N–H and O–H groups in total. The summed E-state index contributed by atoms with van der Waals surface area (Å²) in [4.78, 5) is 9.13. The van der Waals surface area contributed by atoms with E-state index in [0.717, 1.165) is 19.3 Å². The van der Waals surface area contributed by atoms with Crippen molar-refractivity contribution in [3.8, 4) is 0 Å². The quantitative estimate of drug-likeness (QED) is 0.609. The maximum absolute atomic E-state index is 9.69. The minimum Gasteiger partial charge on any atom is -0.321 e. The molecular weight excluding hydrogens is 146 g/mol. The van der Waals surface area contributed by atoms with Crippen molar-refractivity contribution in [3.63, 3.8) is 0 Å². The molecule has 0 fully saturated rings. The van der Waals surface area contributed by atoms with Crippen molar-refractivity contribution in [3.05, 3.63) is 0 Å². The summed E-state index contributed by atoms with van der Waals surface area (Å²) in [5.74, 6) is -1.22. The highest BCUT2D eigenvalue weighted by Crippen LogP contribution is 1.89. The summed E-state index contributed by atoms with van der Waals surface area (Å²) >= 11 is 0. The van der Waals surface area contributed by atoms with E-state index in [1.165, 1.54) is 0 Å². The molecule has 0 spiro atoms. The Hall–Kier alpha value is -0.610. The maximum atomic E-state index is 9.69. The molecule has 0 aromatic carbocycles. The normalized spacial score (nSPS) is 8.27. The van der Waals surface area contributed by atoms with E-state index in [2.05, 4.69) is 12.7 Å². The molecule has 0 aliphatic rings. The fourth-order valence-corrected chi connectivity index (χ4v) is 0.352. The Morgan fingerprint density at radius 3 is 1.91 bits per heavy atom. The van der Waals surface area contributed by atoms with Crippen LogP contribution in [0.25, 0.3) is 0 Å². The van der Waals surface area contributed by atoms with Crippen molar-refractivity contribution >= 4 is 5.97 Å². The Bertz CT molecular complexity index is 81.8. The lowest BCUT2D eigenvalue weighted by Crippen LogP contribution is -2.09. The molecule has 0 atom stereocenters. The second-order valence-electron chi connectivity index (χ2n) is 1.99.